The third-order valence-corrected chi connectivity index (χ3v) is 4.64. The molecule has 0 N–H and O–H groups in total. The van der Waals surface area contributed by atoms with E-state index < -0.39 is 0 Å². The van der Waals surface area contributed by atoms with E-state index in [9.17, 15) is 5.26 Å². The highest BCUT2D eigenvalue weighted by molar-refractivity contribution is 7.99. The number of pyridine rings is 1. The van der Waals surface area contributed by atoms with E-state index in [-0.39, 0.29) is 0 Å². The zero-order valence-corrected chi connectivity index (χ0v) is 12.5. The van der Waals surface area contributed by atoms with E-state index in [0.717, 1.165) is 30.0 Å². The van der Waals surface area contributed by atoms with Gasteiger partial charge in [0.2, 0.25) is 0 Å². The van der Waals surface area contributed by atoms with Crippen LogP contribution in [0.1, 0.15) is 55.3 Å². The van der Waals surface area contributed by atoms with Crippen LogP contribution >= 0.6 is 11.8 Å². The molecule has 0 spiro atoms. The summed E-state index contributed by atoms with van der Waals surface area (Å²) >= 11 is 1.61. The van der Waals surface area contributed by atoms with Crippen molar-refractivity contribution >= 4 is 11.8 Å². The predicted molar refractivity (Wildman–Crippen MR) is 80.4 cm³/mol. The first-order chi connectivity index (χ1) is 9.85. The minimum Gasteiger partial charge on any atom is -0.245 e. The topological polar surface area (TPSA) is 60.5 Å². The number of thioether (sulfide) groups is 1. The lowest BCUT2D eigenvalue weighted by atomic mass is 9.96. The highest BCUT2D eigenvalue weighted by Crippen LogP contribution is 2.27. The maximum absolute atomic E-state index is 9.29. The van der Waals surface area contributed by atoms with Gasteiger partial charge in [0, 0.05) is 17.9 Å². The Morgan fingerprint density at radius 1 is 1.15 bits per heavy atom. The van der Waals surface area contributed by atoms with E-state index in [1.807, 2.05) is 6.07 Å². The molecule has 3 nitrogen and oxygen atoms in total. The Morgan fingerprint density at radius 2 is 1.95 bits per heavy atom. The molecule has 4 heteroatoms. The van der Waals surface area contributed by atoms with Crippen LogP contribution < -0.4 is 0 Å². The van der Waals surface area contributed by atoms with Crippen molar-refractivity contribution in [1.29, 1.82) is 10.5 Å². The SMILES string of the molecule is N#CCCCSc1nc2c(cc1C#N)CCCCCC2. The van der Waals surface area contributed by atoms with Crippen LogP contribution in [0.25, 0.3) is 0 Å². The molecule has 0 saturated heterocycles. The van der Waals surface area contributed by atoms with E-state index in [4.69, 9.17) is 10.2 Å². The Bertz CT molecular complexity index is 540. The molecule has 1 aromatic rings. The first kappa shape index (κ1) is 14.9. The van der Waals surface area contributed by atoms with Gasteiger partial charge in [-0.1, -0.05) is 12.8 Å². The number of nitriles is 2. The average molecular weight is 285 g/mol. The van der Waals surface area contributed by atoms with Gasteiger partial charge in [0.15, 0.2) is 0 Å². The maximum Gasteiger partial charge on any atom is 0.114 e. The first-order valence-electron chi connectivity index (χ1n) is 7.28. The largest absolute Gasteiger partial charge is 0.245 e. The number of hydrogen-bond donors (Lipinski definition) is 0. The van der Waals surface area contributed by atoms with Crippen LogP contribution in [0.15, 0.2) is 11.1 Å². The molecule has 20 heavy (non-hydrogen) atoms. The standard InChI is InChI=1S/C16H19N3S/c17-9-5-6-10-20-16-14(12-18)11-13-7-3-1-2-4-8-15(13)19-16/h11H,1-8,10H2. The fourth-order valence-corrected chi connectivity index (χ4v) is 3.40. The van der Waals surface area contributed by atoms with Crippen molar-refractivity contribution in [3.63, 3.8) is 0 Å². The van der Waals surface area contributed by atoms with Crippen molar-refractivity contribution in [3.05, 3.63) is 22.9 Å². The minimum atomic E-state index is 0.569. The highest BCUT2D eigenvalue weighted by atomic mass is 32.2. The highest BCUT2D eigenvalue weighted by Gasteiger charge is 2.13. The lowest BCUT2D eigenvalue weighted by molar-refractivity contribution is 0.605. The van der Waals surface area contributed by atoms with Crippen molar-refractivity contribution in [2.75, 3.05) is 5.75 Å². The number of aryl methyl sites for hydroxylation is 2. The molecule has 0 bridgehead atoms. The Kier molecular flexibility index (Phi) is 5.89. The Labute approximate surface area is 125 Å². The molecule has 0 aliphatic heterocycles. The summed E-state index contributed by atoms with van der Waals surface area (Å²) in [6.45, 7) is 0. The summed E-state index contributed by atoms with van der Waals surface area (Å²) in [5, 5.41) is 18.7. The quantitative estimate of drug-likeness (QED) is 0.619. The third kappa shape index (κ3) is 3.99. The molecule has 0 fully saturated rings. The Morgan fingerprint density at radius 3 is 2.70 bits per heavy atom. The van der Waals surface area contributed by atoms with E-state index in [1.165, 1.54) is 36.9 Å². The van der Waals surface area contributed by atoms with Gasteiger partial charge in [-0.15, -0.1) is 11.8 Å². The fourth-order valence-electron chi connectivity index (χ4n) is 2.48. The van der Waals surface area contributed by atoms with Crippen LogP contribution in [0.4, 0.5) is 0 Å². The van der Waals surface area contributed by atoms with Gasteiger partial charge in [-0.05, 0) is 43.7 Å². The number of aromatic nitrogens is 1. The molecule has 0 radical (unpaired) electrons. The van der Waals surface area contributed by atoms with Crippen molar-refractivity contribution in [2.24, 2.45) is 0 Å². The van der Waals surface area contributed by atoms with Gasteiger partial charge in [-0.2, -0.15) is 10.5 Å². The van der Waals surface area contributed by atoms with Gasteiger partial charge < -0.3 is 0 Å². The molecular weight excluding hydrogens is 266 g/mol. The number of rotatable bonds is 4. The lowest BCUT2D eigenvalue weighted by Gasteiger charge is -2.15. The second-order valence-electron chi connectivity index (χ2n) is 5.08. The molecular formula is C16H19N3S. The Balaban J connectivity index is 2.16. The second kappa shape index (κ2) is 7.92. The van der Waals surface area contributed by atoms with Gasteiger partial charge in [0.05, 0.1) is 11.6 Å². The summed E-state index contributed by atoms with van der Waals surface area (Å²) < 4.78 is 0. The van der Waals surface area contributed by atoms with E-state index in [1.54, 1.807) is 11.8 Å². The van der Waals surface area contributed by atoms with Crippen molar-refractivity contribution in [3.8, 4) is 12.1 Å². The minimum absolute atomic E-state index is 0.569. The second-order valence-corrected chi connectivity index (χ2v) is 6.17. The average Bonchev–Trinajstić information content (AvgIpc) is 2.44. The number of fused-ring (bicyclic) bond motifs is 1. The van der Waals surface area contributed by atoms with Gasteiger partial charge in [0.1, 0.15) is 11.1 Å². The lowest BCUT2D eigenvalue weighted by Crippen LogP contribution is -2.05. The summed E-state index contributed by atoms with van der Waals surface area (Å²) in [7, 11) is 0. The fraction of sp³-hybridized carbons (Fsp3) is 0.562. The van der Waals surface area contributed by atoms with Crippen LogP contribution in [0.3, 0.4) is 0 Å². The molecule has 0 amide bonds. The molecule has 1 aliphatic rings. The van der Waals surface area contributed by atoms with E-state index in [2.05, 4.69) is 12.1 Å². The number of unbranched alkanes of at least 4 members (excludes halogenated alkanes) is 1. The molecule has 0 unspecified atom stereocenters. The predicted octanol–water partition coefficient (Wildman–Crippen LogP) is 4.01. The Hall–Kier alpha value is -1.52. The van der Waals surface area contributed by atoms with E-state index in [0.29, 0.717) is 12.0 Å². The van der Waals surface area contributed by atoms with Crippen molar-refractivity contribution in [2.45, 2.75) is 56.4 Å². The molecule has 0 aromatic carbocycles. The van der Waals surface area contributed by atoms with Crippen molar-refractivity contribution < 1.29 is 0 Å². The summed E-state index contributed by atoms with van der Waals surface area (Å²) in [6.07, 6.45) is 8.48. The van der Waals surface area contributed by atoms with E-state index >= 15 is 0 Å². The summed E-state index contributed by atoms with van der Waals surface area (Å²) in [5.41, 5.74) is 3.15. The zero-order valence-electron chi connectivity index (χ0n) is 11.7. The normalized spacial score (nSPS) is 14.5. The maximum atomic E-state index is 9.29. The molecule has 2 rings (SSSR count). The van der Waals surface area contributed by atoms with Crippen LogP contribution in [-0.4, -0.2) is 10.7 Å². The van der Waals surface area contributed by atoms with Crippen molar-refractivity contribution in [1.82, 2.24) is 4.98 Å². The molecule has 1 aliphatic carbocycles. The smallest absolute Gasteiger partial charge is 0.114 e. The van der Waals surface area contributed by atoms with Crippen LogP contribution in [0.5, 0.6) is 0 Å². The summed E-state index contributed by atoms with van der Waals surface area (Å²) in [5.74, 6) is 0.855. The van der Waals surface area contributed by atoms with Gasteiger partial charge in [-0.3, -0.25) is 0 Å². The van der Waals surface area contributed by atoms with Gasteiger partial charge in [0.25, 0.3) is 0 Å². The third-order valence-electron chi connectivity index (χ3n) is 3.56. The molecule has 0 atom stereocenters. The first-order valence-corrected chi connectivity index (χ1v) is 8.26. The van der Waals surface area contributed by atoms with Crippen LogP contribution in [-0.2, 0) is 12.8 Å². The molecule has 104 valence electrons. The zero-order chi connectivity index (χ0) is 14.2. The number of nitrogens with zero attached hydrogens (tertiary/aromatic N) is 3. The molecule has 1 aromatic heterocycles. The number of hydrogen-bond acceptors (Lipinski definition) is 4. The van der Waals surface area contributed by atoms with Crippen LogP contribution in [0, 0.1) is 22.7 Å². The van der Waals surface area contributed by atoms with Crippen LogP contribution in [0.2, 0.25) is 0 Å². The van der Waals surface area contributed by atoms with Gasteiger partial charge in [-0.25, -0.2) is 4.98 Å². The van der Waals surface area contributed by atoms with Gasteiger partial charge >= 0.3 is 0 Å². The molecule has 1 heterocycles. The summed E-state index contributed by atoms with van der Waals surface area (Å²) in [6, 6.07) is 6.47. The monoisotopic (exact) mass is 285 g/mol. The summed E-state index contributed by atoms with van der Waals surface area (Å²) in [4.78, 5) is 4.74. The molecule has 0 saturated carbocycles.